The first kappa shape index (κ1) is 16.9. The molecule has 0 heterocycles. The highest BCUT2D eigenvalue weighted by atomic mass is 16.5. The van der Waals surface area contributed by atoms with Gasteiger partial charge in [0.05, 0.1) is 31.7 Å². The molecule has 0 spiro atoms. The molecule has 0 saturated heterocycles. The first-order valence-corrected chi connectivity index (χ1v) is 7.17. The third-order valence-corrected chi connectivity index (χ3v) is 3.87. The quantitative estimate of drug-likeness (QED) is 0.616. The second-order valence-electron chi connectivity index (χ2n) is 5.19. The van der Waals surface area contributed by atoms with E-state index in [1.54, 1.807) is 7.11 Å². The van der Waals surface area contributed by atoms with Gasteiger partial charge in [0.25, 0.3) is 0 Å². The van der Waals surface area contributed by atoms with Gasteiger partial charge < -0.3 is 19.9 Å². The molecule has 6 nitrogen and oxygen atoms in total. The number of carbonyl (C=O) groups excluding carboxylic acids is 1. The Balaban J connectivity index is 2.32. The van der Waals surface area contributed by atoms with E-state index in [-0.39, 0.29) is 5.91 Å². The predicted molar refractivity (Wildman–Crippen MR) is 73.3 cm³/mol. The summed E-state index contributed by atoms with van der Waals surface area (Å²) < 4.78 is 10.1. The van der Waals surface area contributed by atoms with E-state index >= 15 is 0 Å². The van der Waals surface area contributed by atoms with Crippen molar-refractivity contribution in [3.8, 4) is 0 Å². The van der Waals surface area contributed by atoms with Crippen molar-refractivity contribution in [1.82, 2.24) is 5.32 Å². The van der Waals surface area contributed by atoms with Crippen LogP contribution in [0.5, 0.6) is 0 Å². The van der Waals surface area contributed by atoms with Gasteiger partial charge in [-0.25, -0.2) is 0 Å². The fraction of sp³-hybridized carbons (Fsp3) is 0.857. The van der Waals surface area contributed by atoms with Gasteiger partial charge in [-0.05, 0) is 18.8 Å². The zero-order valence-electron chi connectivity index (χ0n) is 12.3. The standard InChI is InChI=1S/C14H25NO5/c1-3-10-8-11(12(9-10)14(17)18)13(16)15-4-5-20-7-6-19-2/h10-12H,3-9H2,1-2H3,(H,15,16)(H,17,18)/t10?,11-,12+/m0/s1. The first-order valence-electron chi connectivity index (χ1n) is 7.17. The molecule has 2 N–H and O–H groups in total. The molecule has 3 atom stereocenters. The van der Waals surface area contributed by atoms with Crippen molar-refractivity contribution in [3.05, 3.63) is 0 Å². The van der Waals surface area contributed by atoms with Crippen LogP contribution in [0.25, 0.3) is 0 Å². The average molecular weight is 287 g/mol. The van der Waals surface area contributed by atoms with E-state index in [1.807, 2.05) is 6.92 Å². The van der Waals surface area contributed by atoms with Crippen LogP contribution in [0.4, 0.5) is 0 Å². The van der Waals surface area contributed by atoms with Gasteiger partial charge in [0.1, 0.15) is 0 Å². The molecule has 0 radical (unpaired) electrons. The van der Waals surface area contributed by atoms with Crippen molar-refractivity contribution in [2.24, 2.45) is 17.8 Å². The van der Waals surface area contributed by atoms with Crippen LogP contribution in [0, 0.1) is 17.8 Å². The molecule has 0 aromatic heterocycles. The Morgan fingerprint density at radius 3 is 2.50 bits per heavy atom. The van der Waals surface area contributed by atoms with Crippen LogP contribution in [0.1, 0.15) is 26.2 Å². The number of carboxylic acid groups (broad SMARTS) is 1. The fourth-order valence-corrected chi connectivity index (χ4v) is 2.66. The fourth-order valence-electron chi connectivity index (χ4n) is 2.66. The summed E-state index contributed by atoms with van der Waals surface area (Å²) in [5, 5.41) is 12.0. The number of hydrogen-bond acceptors (Lipinski definition) is 4. The molecule has 1 aliphatic rings. The van der Waals surface area contributed by atoms with Crippen molar-refractivity contribution < 1.29 is 24.2 Å². The number of rotatable bonds is 9. The predicted octanol–water partition coefficient (Wildman–Crippen LogP) is 0.903. The van der Waals surface area contributed by atoms with E-state index < -0.39 is 17.8 Å². The number of amides is 1. The van der Waals surface area contributed by atoms with Crippen LogP contribution in [-0.4, -0.2) is 50.5 Å². The van der Waals surface area contributed by atoms with Gasteiger partial charge in [0.15, 0.2) is 0 Å². The maximum absolute atomic E-state index is 12.1. The van der Waals surface area contributed by atoms with Gasteiger partial charge in [-0.3, -0.25) is 9.59 Å². The van der Waals surface area contributed by atoms with E-state index in [2.05, 4.69) is 5.32 Å². The topological polar surface area (TPSA) is 84.9 Å². The minimum Gasteiger partial charge on any atom is -0.481 e. The Morgan fingerprint density at radius 1 is 1.20 bits per heavy atom. The zero-order chi connectivity index (χ0) is 15.0. The van der Waals surface area contributed by atoms with Crippen molar-refractivity contribution in [2.45, 2.75) is 26.2 Å². The molecule has 0 aromatic carbocycles. The Hall–Kier alpha value is -1.14. The number of nitrogens with one attached hydrogen (secondary N) is 1. The van der Waals surface area contributed by atoms with E-state index in [0.29, 0.717) is 45.1 Å². The molecule has 116 valence electrons. The van der Waals surface area contributed by atoms with Crippen molar-refractivity contribution >= 4 is 11.9 Å². The molecule has 1 fully saturated rings. The lowest BCUT2D eigenvalue weighted by molar-refractivity contribution is -0.146. The van der Waals surface area contributed by atoms with E-state index in [1.165, 1.54) is 0 Å². The van der Waals surface area contributed by atoms with Crippen LogP contribution < -0.4 is 5.32 Å². The van der Waals surface area contributed by atoms with E-state index in [9.17, 15) is 14.7 Å². The second-order valence-corrected chi connectivity index (χ2v) is 5.19. The van der Waals surface area contributed by atoms with Crippen LogP contribution in [0.3, 0.4) is 0 Å². The van der Waals surface area contributed by atoms with Crippen LogP contribution in [0.15, 0.2) is 0 Å². The van der Waals surface area contributed by atoms with Gasteiger partial charge in [-0.1, -0.05) is 13.3 Å². The Morgan fingerprint density at radius 2 is 1.90 bits per heavy atom. The van der Waals surface area contributed by atoms with Crippen LogP contribution >= 0.6 is 0 Å². The number of ether oxygens (including phenoxy) is 2. The molecule has 1 saturated carbocycles. The molecule has 0 aromatic rings. The van der Waals surface area contributed by atoms with Crippen molar-refractivity contribution in [2.75, 3.05) is 33.5 Å². The van der Waals surface area contributed by atoms with E-state index in [4.69, 9.17) is 9.47 Å². The monoisotopic (exact) mass is 287 g/mol. The summed E-state index contributed by atoms with van der Waals surface area (Å²) in [6.07, 6.45) is 2.20. The summed E-state index contributed by atoms with van der Waals surface area (Å²) in [4.78, 5) is 23.3. The lowest BCUT2D eigenvalue weighted by Crippen LogP contribution is -2.37. The number of carbonyl (C=O) groups is 2. The number of aliphatic carboxylic acids is 1. The summed E-state index contributed by atoms with van der Waals surface area (Å²) in [6, 6.07) is 0. The number of methoxy groups -OCH3 is 1. The smallest absolute Gasteiger partial charge is 0.307 e. The SMILES string of the molecule is CCC1C[C@H](C(=O)NCCOCCOC)[C@H](C(=O)O)C1. The molecule has 0 bridgehead atoms. The summed E-state index contributed by atoms with van der Waals surface area (Å²) in [5.41, 5.74) is 0. The first-order chi connectivity index (χ1) is 9.60. The summed E-state index contributed by atoms with van der Waals surface area (Å²) in [5.74, 6) is -1.64. The zero-order valence-corrected chi connectivity index (χ0v) is 12.3. The van der Waals surface area contributed by atoms with Gasteiger partial charge in [-0.15, -0.1) is 0 Å². The van der Waals surface area contributed by atoms with Crippen LogP contribution in [0.2, 0.25) is 0 Å². The molecule has 6 heteroatoms. The van der Waals surface area contributed by atoms with E-state index in [0.717, 1.165) is 6.42 Å². The van der Waals surface area contributed by atoms with Crippen molar-refractivity contribution in [3.63, 3.8) is 0 Å². The summed E-state index contributed by atoms with van der Waals surface area (Å²) in [7, 11) is 1.60. The lowest BCUT2D eigenvalue weighted by atomic mass is 9.95. The second kappa shape index (κ2) is 8.92. The highest BCUT2D eigenvalue weighted by molar-refractivity contribution is 5.85. The van der Waals surface area contributed by atoms with Crippen LogP contribution in [-0.2, 0) is 19.1 Å². The molecule has 1 amide bonds. The third-order valence-electron chi connectivity index (χ3n) is 3.87. The summed E-state index contributed by atoms with van der Waals surface area (Å²) >= 11 is 0. The largest absolute Gasteiger partial charge is 0.481 e. The van der Waals surface area contributed by atoms with Crippen molar-refractivity contribution in [1.29, 1.82) is 0 Å². The third kappa shape index (κ3) is 5.09. The molecule has 1 unspecified atom stereocenters. The minimum absolute atomic E-state index is 0.163. The Labute approximate surface area is 119 Å². The normalized spacial score (nSPS) is 25.6. The maximum atomic E-state index is 12.1. The molecular formula is C14H25NO5. The highest BCUT2D eigenvalue weighted by Gasteiger charge is 2.41. The lowest BCUT2D eigenvalue weighted by Gasteiger charge is -2.15. The minimum atomic E-state index is -0.863. The average Bonchev–Trinajstić information content (AvgIpc) is 2.87. The molecule has 1 aliphatic carbocycles. The summed E-state index contributed by atoms with van der Waals surface area (Å²) in [6.45, 7) is 3.87. The van der Waals surface area contributed by atoms with Gasteiger partial charge in [0.2, 0.25) is 5.91 Å². The Bertz CT molecular complexity index is 321. The highest BCUT2D eigenvalue weighted by Crippen LogP contribution is 2.38. The molecular weight excluding hydrogens is 262 g/mol. The molecule has 20 heavy (non-hydrogen) atoms. The molecule has 1 rings (SSSR count). The van der Waals surface area contributed by atoms with Gasteiger partial charge in [-0.2, -0.15) is 0 Å². The van der Waals surface area contributed by atoms with Gasteiger partial charge in [0, 0.05) is 13.7 Å². The number of carboxylic acids is 1. The van der Waals surface area contributed by atoms with Gasteiger partial charge >= 0.3 is 5.97 Å². The molecule has 0 aliphatic heterocycles. The number of hydrogen-bond donors (Lipinski definition) is 2. The Kier molecular flexibility index (Phi) is 7.54. The maximum Gasteiger partial charge on any atom is 0.307 e.